The van der Waals surface area contributed by atoms with Gasteiger partial charge in [0.15, 0.2) is 0 Å². The summed E-state index contributed by atoms with van der Waals surface area (Å²) < 4.78 is 5.42. The number of nitriles is 1. The summed E-state index contributed by atoms with van der Waals surface area (Å²) in [6, 6.07) is 7.24. The van der Waals surface area contributed by atoms with E-state index < -0.39 is 23.8 Å². The highest BCUT2D eigenvalue weighted by molar-refractivity contribution is 5.93. The molecule has 2 saturated heterocycles. The largest absolute Gasteiger partial charge is 0.444 e. The van der Waals surface area contributed by atoms with Gasteiger partial charge in [-0.3, -0.25) is 9.59 Å². The van der Waals surface area contributed by atoms with Crippen molar-refractivity contribution in [2.45, 2.75) is 83.1 Å². The summed E-state index contributed by atoms with van der Waals surface area (Å²) in [6.07, 6.45) is 1.55. The minimum absolute atomic E-state index is 0.0341. The zero-order chi connectivity index (χ0) is 26.2. The zero-order valence-corrected chi connectivity index (χ0v) is 21.4. The van der Waals surface area contributed by atoms with Crippen LogP contribution in [-0.4, -0.2) is 75.7 Å². The van der Waals surface area contributed by atoms with Crippen LogP contribution >= 0.6 is 0 Å². The lowest BCUT2D eigenvalue weighted by Crippen LogP contribution is -2.57. The van der Waals surface area contributed by atoms with E-state index in [0.29, 0.717) is 24.1 Å². The SMILES string of the molecule is C[C@H]1C[C@@H](CO)N(C(=O)[C@H]2C[C@H]3C[C@@H]3N2C(=O)[C@@H](Cc2ccccc2C#N)NC(=O)OC(C)(C)C)C1. The number of amides is 3. The van der Waals surface area contributed by atoms with Crippen LogP contribution in [-0.2, 0) is 20.7 Å². The molecule has 9 heteroatoms. The second kappa shape index (κ2) is 10.1. The van der Waals surface area contributed by atoms with E-state index >= 15 is 0 Å². The van der Waals surface area contributed by atoms with E-state index in [1.807, 2.05) is 0 Å². The fraction of sp³-hybridized carbons (Fsp3) is 0.630. The minimum Gasteiger partial charge on any atom is -0.444 e. The number of aliphatic hydroxyl groups is 1. The molecule has 1 aromatic carbocycles. The standard InChI is InChI=1S/C27H36N4O5/c1-16-9-20(15-32)30(14-16)25(34)23-12-19-11-22(19)31(23)24(33)21(29-26(35)36-27(2,3)4)10-17-7-5-6-8-18(17)13-28/h5-8,16,19-23,32H,9-12,14-15H2,1-4H3,(H,29,35)/t16-,19+,20-,21+,22-,23+/m0/s1. The molecule has 0 unspecified atom stereocenters. The lowest BCUT2D eigenvalue weighted by Gasteiger charge is -2.34. The molecule has 36 heavy (non-hydrogen) atoms. The van der Waals surface area contributed by atoms with E-state index in [1.54, 1.807) is 54.8 Å². The molecule has 0 radical (unpaired) electrons. The maximum Gasteiger partial charge on any atom is 0.408 e. The minimum atomic E-state index is -0.991. The number of aliphatic hydroxyl groups excluding tert-OH is 1. The van der Waals surface area contributed by atoms with Gasteiger partial charge in [0, 0.05) is 19.0 Å². The van der Waals surface area contributed by atoms with Gasteiger partial charge in [0.2, 0.25) is 11.8 Å². The van der Waals surface area contributed by atoms with Gasteiger partial charge >= 0.3 is 6.09 Å². The van der Waals surface area contributed by atoms with Gasteiger partial charge in [-0.15, -0.1) is 0 Å². The number of rotatable bonds is 6. The number of benzene rings is 1. The molecule has 1 aliphatic carbocycles. The normalized spacial score (nSPS) is 27.7. The molecule has 3 fully saturated rings. The second-order valence-electron chi connectivity index (χ2n) is 11.4. The van der Waals surface area contributed by atoms with Gasteiger partial charge in [-0.05, 0) is 63.5 Å². The highest BCUT2D eigenvalue weighted by Crippen LogP contribution is 2.49. The fourth-order valence-corrected chi connectivity index (χ4v) is 5.64. The molecule has 2 heterocycles. The molecule has 2 N–H and O–H groups in total. The lowest BCUT2D eigenvalue weighted by molar-refractivity contribution is -0.147. The first-order chi connectivity index (χ1) is 17.0. The zero-order valence-electron chi connectivity index (χ0n) is 21.4. The summed E-state index contributed by atoms with van der Waals surface area (Å²) in [5.41, 5.74) is 0.316. The number of alkyl carbamates (subject to hydrolysis) is 1. The lowest BCUT2D eigenvalue weighted by atomic mass is 9.99. The molecule has 3 aliphatic rings. The Morgan fingerprint density at radius 2 is 1.94 bits per heavy atom. The van der Waals surface area contributed by atoms with E-state index in [-0.39, 0.29) is 48.8 Å². The summed E-state index contributed by atoms with van der Waals surface area (Å²) in [4.78, 5) is 43.7. The summed E-state index contributed by atoms with van der Waals surface area (Å²) in [5.74, 6) is 0.0801. The molecule has 194 valence electrons. The highest BCUT2D eigenvalue weighted by Gasteiger charge is 2.58. The van der Waals surface area contributed by atoms with Crippen LogP contribution in [0.3, 0.4) is 0 Å². The van der Waals surface area contributed by atoms with Crippen molar-refractivity contribution < 1.29 is 24.2 Å². The van der Waals surface area contributed by atoms with E-state index in [9.17, 15) is 24.8 Å². The van der Waals surface area contributed by atoms with Crippen molar-refractivity contribution in [3.63, 3.8) is 0 Å². The first kappa shape index (κ1) is 26.0. The number of likely N-dealkylation sites (tertiary alicyclic amines) is 2. The number of piperidine rings is 1. The molecule has 3 amide bonds. The highest BCUT2D eigenvalue weighted by atomic mass is 16.6. The number of ether oxygens (including phenoxy) is 1. The van der Waals surface area contributed by atoms with E-state index in [1.165, 1.54) is 0 Å². The average molecular weight is 497 g/mol. The number of hydrogen-bond acceptors (Lipinski definition) is 6. The van der Waals surface area contributed by atoms with Gasteiger partial charge in [-0.25, -0.2) is 4.79 Å². The van der Waals surface area contributed by atoms with Crippen molar-refractivity contribution in [3.8, 4) is 6.07 Å². The van der Waals surface area contributed by atoms with E-state index in [2.05, 4.69) is 18.3 Å². The Morgan fingerprint density at radius 1 is 1.22 bits per heavy atom. The molecular formula is C27H36N4O5. The van der Waals surface area contributed by atoms with Crippen molar-refractivity contribution in [1.82, 2.24) is 15.1 Å². The van der Waals surface area contributed by atoms with Crippen LogP contribution in [0.15, 0.2) is 24.3 Å². The Kier molecular flexibility index (Phi) is 7.28. The van der Waals surface area contributed by atoms with Crippen LogP contribution in [0.1, 0.15) is 58.1 Å². The van der Waals surface area contributed by atoms with Crippen LogP contribution in [0.4, 0.5) is 4.79 Å². The molecule has 1 saturated carbocycles. The number of hydrogen-bond donors (Lipinski definition) is 2. The summed E-state index contributed by atoms with van der Waals surface area (Å²) in [7, 11) is 0. The van der Waals surface area contributed by atoms with Gasteiger partial charge in [-0.2, -0.15) is 5.26 Å². The molecule has 2 aliphatic heterocycles. The van der Waals surface area contributed by atoms with Crippen LogP contribution in [0.5, 0.6) is 0 Å². The Labute approximate surface area is 212 Å². The smallest absolute Gasteiger partial charge is 0.408 e. The maximum absolute atomic E-state index is 14.0. The number of carbonyl (C=O) groups is 3. The molecule has 9 nitrogen and oxygen atoms in total. The number of nitrogens with zero attached hydrogens (tertiary/aromatic N) is 3. The van der Waals surface area contributed by atoms with Crippen LogP contribution in [0.25, 0.3) is 0 Å². The molecule has 0 bridgehead atoms. The third-order valence-electron chi connectivity index (χ3n) is 7.31. The molecule has 6 atom stereocenters. The third-order valence-corrected chi connectivity index (χ3v) is 7.31. The van der Waals surface area contributed by atoms with Crippen molar-refractivity contribution in [3.05, 3.63) is 35.4 Å². The van der Waals surface area contributed by atoms with Crippen molar-refractivity contribution >= 4 is 17.9 Å². The van der Waals surface area contributed by atoms with E-state index in [0.717, 1.165) is 12.8 Å². The monoisotopic (exact) mass is 496 g/mol. The molecular weight excluding hydrogens is 460 g/mol. The molecule has 0 aromatic heterocycles. The Hall–Kier alpha value is -3.12. The van der Waals surface area contributed by atoms with Crippen molar-refractivity contribution in [2.24, 2.45) is 11.8 Å². The van der Waals surface area contributed by atoms with Gasteiger partial charge < -0.3 is 25.0 Å². The van der Waals surface area contributed by atoms with Crippen LogP contribution in [0.2, 0.25) is 0 Å². The molecule has 4 rings (SSSR count). The number of nitrogens with one attached hydrogen (secondary N) is 1. The Balaban J connectivity index is 1.59. The molecule has 0 spiro atoms. The first-order valence-corrected chi connectivity index (χ1v) is 12.7. The van der Waals surface area contributed by atoms with Gasteiger partial charge in [0.1, 0.15) is 17.7 Å². The summed E-state index contributed by atoms with van der Waals surface area (Å²) >= 11 is 0. The fourth-order valence-electron chi connectivity index (χ4n) is 5.64. The second-order valence-corrected chi connectivity index (χ2v) is 11.4. The third kappa shape index (κ3) is 5.49. The maximum atomic E-state index is 14.0. The number of carbonyl (C=O) groups excluding carboxylic acids is 3. The quantitative estimate of drug-likeness (QED) is 0.623. The van der Waals surface area contributed by atoms with Gasteiger partial charge in [0.05, 0.1) is 24.3 Å². The topological polar surface area (TPSA) is 123 Å². The summed E-state index contributed by atoms with van der Waals surface area (Å²) in [5, 5.41) is 22.1. The number of fused-ring (bicyclic) bond motifs is 1. The predicted molar refractivity (Wildman–Crippen MR) is 132 cm³/mol. The van der Waals surface area contributed by atoms with Crippen molar-refractivity contribution in [1.29, 1.82) is 5.26 Å². The van der Waals surface area contributed by atoms with Crippen LogP contribution < -0.4 is 5.32 Å². The van der Waals surface area contributed by atoms with Crippen LogP contribution in [0, 0.1) is 23.2 Å². The Morgan fingerprint density at radius 3 is 2.61 bits per heavy atom. The van der Waals surface area contributed by atoms with Gasteiger partial charge in [-0.1, -0.05) is 25.1 Å². The predicted octanol–water partition coefficient (Wildman–Crippen LogP) is 2.21. The van der Waals surface area contributed by atoms with Gasteiger partial charge in [0.25, 0.3) is 0 Å². The Bertz CT molecular complexity index is 1060. The average Bonchev–Trinajstić information content (AvgIpc) is 3.31. The summed E-state index contributed by atoms with van der Waals surface area (Å²) in [6.45, 7) is 7.75. The first-order valence-electron chi connectivity index (χ1n) is 12.7. The van der Waals surface area contributed by atoms with E-state index in [4.69, 9.17) is 4.74 Å². The molecule has 1 aromatic rings. The van der Waals surface area contributed by atoms with Crippen molar-refractivity contribution in [2.75, 3.05) is 13.2 Å².